The first-order valence-corrected chi connectivity index (χ1v) is 12.9. The molecule has 0 saturated heterocycles. The van der Waals surface area contributed by atoms with E-state index in [2.05, 4.69) is 26.2 Å². The molecule has 2 aromatic heterocycles. The van der Waals surface area contributed by atoms with Gasteiger partial charge in [-0.25, -0.2) is 13.4 Å². The zero-order valence-electron chi connectivity index (χ0n) is 16.7. The monoisotopic (exact) mass is 526 g/mol. The highest BCUT2D eigenvalue weighted by Gasteiger charge is 2.54. The molecule has 2 saturated carbocycles. The molecule has 1 amide bonds. The van der Waals surface area contributed by atoms with Crippen LogP contribution in [0.25, 0.3) is 11.1 Å². The van der Waals surface area contributed by atoms with Crippen LogP contribution in [0.15, 0.2) is 42.7 Å². The lowest BCUT2D eigenvalue weighted by molar-refractivity contribution is -0.0256. The molecule has 1 N–H and O–H groups in total. The van der Waals surface area contributed by atoms with Crippen LogP contribution in [0.3, 0.4) is 0 Å². The van der Waals surface area contributed by atoms with Gasteiger partial charge in [-0.2, -0.15) is 0 Å². The molecule has 31 heavy (non-hydrogen) atoms. The van der Waals surface area contributed by atoms with E-state index in [1.165, 1.54) is 13.0 Å². The van der Waals surface area contributed by atoms with Crippen molar-refractivity contribution < 1.29 is 22.0 Å². The summed E-state index contributed by atoms with van der Waals surface area (Å²) >= 11 is 9.19. The predicted molar refractivity (Wildman–Crippen MR) is 118 cm³/mol. The van der Waals surface area contributed by atoms with Crippen LogP contribution in [0.2, 0.25) is 5.02 Å². The highest BCUT2D eigenvalue weighted by molar-refractivity contribution is 9.10. The summed E-state index contributed by atoms with van der Waals surface area (Å²) in [5.74, 6) is 0.534. The van der Waals surface area contributed by atoms with Gasteiger partial charge in [0.2, 0.25) is 14.9 Å². The van der Waals surface area contributed by atoms with Crippen LogP contribution in [-0.2, 0) is 9.84 Å². The zero-order chi connectivity index (χ0) is 22.0. The van der Waals surface area contributed by atoms with Crippen molar-refractivity contribution in [1.29, 1.82) is 0 Å². The lowest BCUT2D eigenvalue weighted by atomic mass is 9.50. The van der Waals surface area contributed by atoms with Crippen molar-refractivity contribution in [2.45, 2.75) is 49.7 Å². The maximum absolute atomic E-state index is 12.5. The number of sulfone groups is 1. The first kappa shape index (κ1) is 21.0. The second kappa shape index (κ2) is 7.35. The summed E-state index contributed by atoms with van der Waals surface area (Å²) in [6.45, 7) is 1.53. The van der Waals surface area contributed by atoms with E-state index in [0.29, 0.717) is 5.02 Å². The molecule has 5 rings (SSSR count). The third kappa shape index (κ3) is 3.70. The van der Waals surface area contributed by atoms with Gasteiger partial charge in [0.1, 0.15) is 5.52 Å². The molecule has 0 bridgehead atoms. The first-order valence-electron chi connectivity index (χ1n) is 10.1. The van der Waals surface area contributed by atoms with Gasteiger partial charge in [0, 0.05) is 23.0 Å². The highest BCUT2D eigenvalue weighted by Crippen LogP contribution is 2.61. The lowest BCUT2D eigenvalue weighted by Crippen LogP contribution is -2.55. The van der Waals surface area contributed by atoms with Crippen molar-refractivity contribution in [3.63, 3.8) is 0 Å². The van der Waals surface area contributed by atoms with Crippen LogP contribution >= 0.6 is 27.5 Å². The van der Waals surface area contributed by atoms with Crippen molar-refractivity contribution in [3.05, 3.63) is 45.4 Å². The van der Waals surface area contributed by atoms with Crippen LogP contribution in [0, 0.1) is 5.41 Å². The SMILES string of the molecule is CCS(=O)(=O)c1oc(C(=O)NC2CC3(C2)CC(c2nc4cc(Cl)ccc4o2)C3)cc1Br. The summed E-state index contributed by atoms with van der Waals surface area (Å²) in [7, 11) is -3.54. The van der Waals surface area contributed by atoms with Crippen molar-refractivity contribution in [2.24, 2.45) is 5.41 Å². The number of halogens is 2. The highest BCUT2D eigenvalue weighted by atomic mass is 79.9. The second-order valence-electron chi connectivity index (χ2n) is 8.50. The Morgan fingerprint density at radius 2 is 2.00 bits per heavy atom. The van der Waals surface area contributed by atoms with E-state index < -0.39 is 15.7 Å². The average molecular weight is 528 g/mol. The van der Waals surface area contributed by atoms with Crippen molar-refractivity contribution in [1.82, 2.24) is 10.3 Å². The van der Waals surface area contributed by atoms with Crippen LogP contribution in [0.4, 0.5) is 0 Å². The largest absolute Gasteiger partial charge is 0.440 e. The van der Waals surface area contributed by atoms with Gasteiger partial charge in [-0.05, 0) is 65.2 Å². The molecule has 3 aromatic rings. The van der Waals surface area contributed by atoms with Crippen LogP contribution in [0.1, 0.15) is 55.0 Å². The van der Waals surface area contributed by atoms with E-state index in [1.807, 2.05) is 6.07 Å². The molecule has 10 heteroatoms. The third-order valence-corrected chi connectivity index (χ3v) is 9.02. The minimum atomic E-state index is -3.54. The van der Waals surface area contributed by atoms with Gasteiger partial charge in [-0.15, -0.1) is 0 Å². The second-order valence-corrected chi connectivity index (χ2v) is 12.0. The molecule has 2 fully saturated rings. The number of furan rings is 1. The van der Waals surface area contributed by atoms with E-state index in [1.54, 1.807) is 12.1 Å². The Hall–Kier alpha value is -1.84. The van der Waals surface area contributed by atoms with E-state index in [0.717, 1.165) is 42.7 Å². The normalized spacial score (nSPS) is 25.4. The zero-order valence-corrected chi connectivity index (χ0v) is 19.8. The Kier molecular flexibility index (Phi) is 4.99. The Morgan fingerprint density at radius 3 is 2.71 bits per heavy atom. The topological polar surface area (TPSA) is 102 Å². The Bertz CT molecular complexity index is 1280. The summed E-state index contributed by atoms with van der Waals surface area (Å²) in [6.07, 6.45) is 3.71. The first-order chi connectivity index (χ1) is 14.7. The van der Waals surface area contributed by atoms with Gasteiger partial charge in [0.25, 0.3) is 5.91 Å². The number of benzene rings is 1. The summed E-state index contributed by atoms with van der Waals surface area (Å²) < 4.78 is 35.5. The van der Waals surface area contributed by atoms with E-state index in [-0.39, 0.29) is 38.5 Å². The Balaban J connectivity index is 1.17. The Morgan fingerprint density at radius 1 is 1.26 bits per heavy atom. The molecule has 2 aliphatic carbocycles. The number of amides is 1. The van der Waals surface area contributed by atoms with E-state index in [9.17, 15) is 13.2 Å². The minimum absolute atomic E-state index is 0.00327. The van der Waals surface area contributed by atoms with Crippen LogP contribution < -0.4 is 5.32 Å². The number of hydrogen-bond acceptors (Lipinski definition) is 6. The lowest BCUT2D eigenvalue weighted by Gasteiger charge is -2.57. The smallest absolute Gasteiger partial charge is 0.287 e. The number of carbonyl (C=O) groups is 1. The number of aromatic nitrogens is 1. The molecule has 0 radical (unpaired) electrons. The van der Waals surface area contributed by atoms with Gasteiger partial charge in [-0.1, -0.05) is 18.5 Å². The van der Waals surface area contributed by atoms with Gasteiger partial charge < -0.3 is 14.2 Å². The van der Waals surface area contributed by atoms with E-state index in [4.69, 9.17) is 20.4 Å². The number of fused-ring (bicyclic) bond motifs is 1. The third-order valence-electron chi connectivity index (χ3n) is 6.31. The quantitative estimate of drug-likeness (QED) is 0.496. The maximum Gasteiger partial charge on any atom is 0.287 e. The average Bonchev–Trinajstić information content (AvgIpc) is 3.25. The number of nitrogens with zero attached hydrogens (tertiary/aromatic N) is 1. The number of carbonyl (C=O) groups excluding carboxylic acids is 1. The van der Waals surface area contributed by atoms with Crippen LogP contribution in [-0.4, -0.2) is 31.1 Å². The van der Waals surface area contributed by atoms with Crippen molar-refractivity contribution in [2.75, 3.05) is 5.75 Å². The predicted octanol–water partition coefficient (Wildman–Crippen LogP) is 5.09. The Labute approximate surface area is 192 Å². The fourth-order valence-electron chi connectivity index (χ4n) is 4.74. The van der Waals surface area contributed by atoms with Gasteiger partial charge >= 0.3 is 0 Å². The summed E-state index contributed by atoms with van der Waals surface area (Å²) in [5, 5.41) is 3.38. The summed E-state index contributed by atoms with van der Waals surface area (Å²) in [5.41, 5.74) is 1.73. The molecule has 164 valence electrons. The number of hydrogen-bond donors (Lipinski definition) is 1. The fourth-order valence-corrected chi connectivity index (χ4v) is 6.77. The minimum Gasteiger partial charge on any atom is -0.440 e. The molecule has 1 aromatic carbocycles. The van der Waals surface area contributed by atoms with Gasteiger partial charge in [0.05, 0.1) is 10.2 Å². The number of nitrogens with one attached hydrogen (secondary N) is 1. The summed E-state index contributed by atoms with van der Waals surface area (Å²) in [6, 6.07) is 6.88. The molecule has 2 heterocycles. The molecular weight excluding hydrogens is 508 g/mol. The summed E-state index contributed by atoms with van der Waals surface area (Å²) in [4.78, 5) is 17.1. The molecule has 0 atom stereocenters. The van der Waals surface area contributed by atoms with Gasteiger partial charge in [0.15, 0.2) is 17.2 Å². The molecule has 7 nitrogen and oxygen atoms in total. The van der Waals surface area contributed by atoms with Crippen molar-refractivity contribution in [3.8, 4) is 0 Å². The molecule has 1 spiro atoms. The number of oxazole rings is 1. The van der Waals surface area contributed by atoms with E-state index >= 15 is 0 Å². The molecule has 0 aliphatic heterocycles. The molecular formula is C21H20BrClN2O5S. The van der Waals surface area contributed by atoms with Gasteiger partial charge in [-0.3, -0.25) is 4.79 Å². The number of rotatable bonds is 5. The molecule has 2 aliphatic rings. The maximum atomic E-state index is 12.5. The molecule has 0 unspecified atom stereocenters. The standard InChI is InChI=1S/C21H20BrClN2O5S/c1-2-31(27,28)20-14(22)6-17(30-20)18(26)24-13-9-21(10-13)7-11(8-21)19-25-15-5-12(23)3-4-16(15)29-19/h3-6,11,13H,2,7-10H2,1H3,(H,24,26). The van der Waals surface area contributed by atoms with Crippen LogP contribution in [0.5, 0.6) is 0 Å². The fraction of sp³-hybridized carbons (Fsp3) is 0.429. The van der Waals surface area contributed by atoms with Crippen molar-refractivity contribution >= 4 is 54.4 Å².